The van der Waals surface area contributed by atoms with E-state index in [1.807, 2.05) is 17.0 Å². The van der Waals surface area contributed by atoms with Gasteiger partial charge in [-0.3, -0.25) is 19.5 Å². The average molecular weight is 385 g/mol. The molecule has 3 fully saturated rings. The minimum atomic E-state index is 0.0814. The van der Waals surface area contributed by atoms with Crippen LogP contribution in [-0.4, -0.2) is 76.8 Å². The molecular formula is C22H32N4O2. The third-order valence-electron chi connectivity index (χ3n) is 7.08. The number of pyridine rings is 1. The monoisotopic (exact) mass is 384 g/mol. The topological polar surface area (TPSA) is 56.8 Å². The molecule has 6 heteroatoms. The standard InChI is InChI=1S/C22H32N4O2/c1-17(2)24-10-12-26(13-11-24)21(28)19-14-22(15-19)5-8-25(9-6-22)20(27)18-4-3-7-23-16-18/h3-4,7,16-17,19H,5-6,8-15H2,1-2H3. The summed E-state index contributed by atoms with van der Waals surface area (Å²) < 4.78 is 0. The highest BCUT2D eigenvalue weighted by Crippen LogP contribution is 2.53. The summed E-state index contributed by atoms with van der Waals surface area (Å²) in [5.41, 5.74) is 0.951. The highest BCUT2D eigenvalue weighted by atomic mass is 16.2. The number of amides is 2. The van der Waals surface area contributed by atoms with Crippen LogP contribution in [0.5, 0.6) is 0 Å². The van der Waals surface area contributed by atoms with Crippen molar-refractivity contribution in [1.29, 1.82) is 0 Å². The predicted octanol–water partition coefficient (Wildman–Crippen LogP) is 2.27. The van der Waals surface area contributed by atoms with Gasteiger partial charge in [-0.2, -0.15) is 0 Å². The molecule has 0 atom stereocenters. The molecule has 1 aromatic rings. The summed E-state index contributed by atoms with van der Waals surface area (Å²) in [6, 6.07) is 4.20. The maximum Gasteiger partial charge on any atom is 0.255 e. The van der Waals surface area contributed by atoms with E-state index in [2.05, 4.69) is 28.6 Å². The van der Waals surface area contributed by atoms with Crippen LogP contribution in [-0.2, 0) is 4.79 Å². The van der Waals surface area contributed by atoms with Crippen LogP contribution in [0.25, 0.3) is 0 Å². The molecule has 0 radical (unpaired) electrons. The van der Waals surface area contributed by atoms with Crippen molar-refractivity contribution in [1.82, 2.24) is 19.7 Å². The number of piperazine rings is 1. The maximum atomic E-state index is 12.9. The van der Waals surface area contributed by atoms with Gasteiger partial charge in [0.2, 0.25) is 5.91 Å². The number of carbonyl (C=O) groups is 2. The van der Waals surface area contributed by atoms with Gasteiger partial charge in [-0.15, -0.1) is 0 Å². The Kier molecular flexibility index (Phi) is 5.41. The Morgan fingerprint density at radius 2 is 1.71 bits per heavy atom. The fourth-order valence-electron chi connectivity index (χ4n) is 5.14. The summed E-state index contributed by atoms with van der Waals surface area (Å²) in [5.74, 6) is 0.645. The van der Waals surface area contributed by atoms with Crippen LogP contribution in [0.3, 0.4) is 0 Å². The first-order valence-electron chi connectivity index (χ1n) is 10.7. The van der Waals surface area contributed by atoms with Gasteiger partial charge in [0.05, 0.1) is 5.56 Å². The van der Waals surface area contributed by atoms with Crippen LogP contribution < -0.4 is 0 Å². The van der Waals surface area contributed by atoms with Crippen LogP contribution >= 0.6 is 0 Å². The zero-order chi connectivity index (χ0) is 19.7. The Hall–Kier alpha value is -1.95. The normalized spacial score (nSPS) is 23.1. The van der Waals surface area contributed by atoms with Crippen molar-refractivity contribution in [2.75, 3.05) is 39.3 Å². The number of piperidine rings is 1. The zero-order valence-corrected chi connectivity index (χ0v) is 17.1. The Labute approximate surface area is 167 Å². The minimum Gasteiger partial charge on any atom is -0.340 e. The number of carbonyl (C=O) groups excluding carboxylic acids is 2. The third kappa shape index (κ3) is 3.79. The molecule has 3 aliphatic rings. The van der Waals surface area contributed by atoms with E-state index in [0.29, 0.717) is 17.5 Å². The summed E-state index contributed by atoms with van der Waals surface area (Å²) >= 11 is 0. The molecular weight excluding hydrogens is 352 g/mol. The molecule has 1 aliphatic carbocycles. The van der Waals surface area contributed by atoms with Gasteiger partial charge in [-0.25, -0.2) is 0 Å². The molecule has 28 heavy (non-hydrogen) atoms. The molecule has 152 valence electrons. The molecule has 3 heterocycles. The Morgan fingerprint density at radius 3 is 2.29 bits per heavy atom. The Bertz CT molecular complexity index is 697. The summed E-state index contributed by atoms with van der Waals surface area (Å²) in [4.78, 5) is 36.0. The minimum absolute atomic E-state index is 0.0814. The van der Waals surface area contributed by atoms with Gasteiger partial charge in [0.25, 0.3) is 5.91 Å². The summed E-state index contributed by atoms with van der Waals surface area (Å²) in [6.45, 7) is 9.75. The lowest BCUT2D eigenvalue weighted by Crippen LogP contribution is -2.56. The van der Waals surface area contributed by atoms with Crippen molar-refractivity contribution < 1.29 is 9.59 Å². The average Bonchev–Trinajstić information content (AvgIpc) is 2.72. The van der Waals surface area contributed by atoms with Gasteiger partial charge in [0.1, 0.15) is 0 Å². The zero-order valence-electron chi connectivity index (χ0n) is 17.1. The summed E-state index contributed by atoms with van der Waals surface area (Å²) in [5, 5.41) is 0. The molecule has 0 bridgehead atoms. The van der Waals surface area contributed by atoms with Crippen molar-refractivity contribution in [2.24, 2.45) is 11.3 Å². The van der Waals surface area contributed by atoms with Gasteiger partial charge < -0.3 is 9.80 Å². The van der Waals surface area contributed by atoms with Gasteiger partial charge in [0.15, 0.2) is 0 Å². The van der Waals surface area contributed by atoms with E-state index < -0.39 is 0 Å². The lowest BCUT2D eigenvalue weighted by molar-refractivity contribution is -0.147. The number of nitrogens with zero attached hydrogens (tertiary/aromatic N) is 4. The van der Waals surface area contributed by atoms with E-state index in [4.69, 9.17) is 0 Å². The lowest BCUT2D eigenvalue weighted by atomic mass is 9.57. The summed E-state index contributed by atoms with van der Waals surface area (Å²) in [7, 11) is 0. The first kappa shape index (κ1) is 19.4. The molecule has 0 unspecified atom stereocenters. The van der Waals surface area contributed by atoms with Crippen molar-refractivity contribution in [2.45, 2.75) is 45.6 Å². The van der Waals surface area contributed by atoms with Gasteiger partial charge in [-0.1, -0.05) is 0 Å². The van der Waals surface area contributed by atoms with Crippen LogP contribution in [0.15, 0.2) is 24.5 Å². The van der Waals surface area contributed by atoms with E-state index >= 15 is 0 Å². The number of likely N-dealkylation sites (tertiary alicyclic amines) is 1. The van der Waals surface area contributed by atoms with E-state index in [-0.39, 0.29) is 17.2 Å². The van der Waals surface area contributed by atoms with Crippen molar-refractivity contribution >= 4 is 11.8 Å². The fraction of sp³-hybridized carbons (Fsp3) is 0.682. The Morgan fingerprint density at radius 1 is 1.04 bits per heavy atom. The molecule has 2 saturated heterocycles. The largest absolute Gasteiger partial charge is 0.340 e. The molecule has 2 aliphatic heterocycles. The van der Waals surface area contributed by atoms with Gasteiger partial charge in [0, 0.05) is 63.6 Å². The molecule has 0 aromatic carbocycles. The molecule has 1 aromatic heterocycles. The van der Waals surface area contributed by atoms with Crippen LogP contribution in [0.2, 0.25) is 0 Å². The molecule has 2 amide bonds. The second-order valence-electron chi connectivity index (χ2n) is 9.09. The fourth-order valence-corrected chi connectivity index (χ4v) is 5.14. The molecule has 1 saturated carbocycles. The van der Waals surface area contributed by atoms with E-state index in [1.165, 1.54) is 0 Å². The number of hydrogen-bond acceptors (Lipinski definition) is 4. The molecule has 4 rings (SSSR count). The van der Waals surface area contributed by atoms with E-state index in [0.717, 1.165) is 65.0 Å². The molecule has 6 nitrogen and oxygen atoms in total. The second-order valence-corrected chi connectivity index (χ2v) is 9.09. The highest BCUT2D eigenvalue weighted by Gasteiger charge is 2.49. The molecule has 0 N–H and O–H groups in total. The summed E-state index contributed by atoms with van der Waals surface area (Å²) in [6.07, 6.45) is 7.38. The van der Waals surface area contributed by atoms with Crippen molar-refractivity contribution in [3.63, 3.8) is 0 Å². The SMILES string of the molecule is CC(C)N1CCN(C(=O)C2CC3(CCN(C(=O)c4cccnc4)CC3)C2)CC1. The van der Waals surface area contributed by atoms with Crippen LogP contribution in [0, 0.1) is 11.3 Å². The smallest absolute Gasteiger partial charge is 0.255 e. The predicted molar refractivity (Wildman–Crippen MR) is 108 cm³/mol. The molecule has 1 spiro atoms. The van der Waals surface area contributed by atoms with Crippen LogP contribution in [0.1, 0.15) is 49.9 Å². The highest BCUT2D eigenvalue weighted by molar-refractivity contribution is 5.94. The van der Waals surface area contributed by atoms with Crippen molar-refractivity contribution in [3.05, 3.63) is 30.1 Å². The van der Waals surface area contributed by atoms with Crippen LogP contribution in [0.4, 0.5) is 0 Å². The first-order valence-corrected chi connectivity index (χ1v) is 10.7. The maximum absolute atomic E-state index is 12.9. The lowest BCUT2D eigenvalue weighted by Gasteiger charge is -2.52. The van der Waals surface area contributed by atoms with E-state index in [9.17, 15) is 9.59 Å². The van der Waals surface area contributed by atoms with Gasteiger partial charge in [-0.05, 0) is 57.1 Å². The second kappa shape index (κ2) is 7.82. The van der Waals surface area contributed by atoms with Gasteiger partial charge >= 0.3 is 0 Å². The number of hydrogen-bond donors (Lipinski definition) is 0. The number of aromatic nitrogens is 1. The van der Waals surface area contributed by atoms with Crippen molar-refractivity contribution in [3.8, 4) is 0 Å². The van der Waals surface area contributed by atoms with E-state index in [1.54, 1.807) is 12.4 Å². The first-order chi connectivity index (χ1) is 13.5. The third-order valence-corrected chi connectivity index (χ3v) is 7.08. The quantitative estimate of drug-likeness (QED) is 0.802. The number of rotatable bonds is 3. The Balaban J connectivity index is 1.24.